The zero-order chi connectivity index (χ0) is 13.9. The normalized spacial score (nSPS) is 14.2. The number of hydrogen-bond acceptors (Lipinski definition) is 5. The minimum Gasteiger partial charge on any atom is -0.416 e. The molecule has 1 aliphatic carbocycles. The Kier molecular flexibility index (Phi) is 3.93. The van der Waals surface area contributed by atoms with Gasteiger partial charge in [0.05, 0.1) is 5.75 Å². The Morgan fingerprint density at radius 1 is 1.35 bits per heavy atom. The smallest absolute Gasteiger partial charge is 0.277 e. The highest BCUT2D eigenvalue weighted by molar-refractivity contribution is 7.99. The standard InChI is InChI=1S/C13H12ClN3O2S/c14-9-3-5-10(6-4-9)15-11(18)7-20-13-17-16-12(19-13)8-1-2-8/h3-6,8H,1-2,7H2,(H,15,18). The van der Waals surface area contributed by atoms with Crippen molar-refractivity contribution in [1.82, 2.24) is 10.2 Å². The fraction of sp³-hybridized carbons (Fsp3) is 0.308. The number of thioether (sulfide) groups is 1. The van der Waals surface area contributed by atoms with Gasteiger partial charge in [0.2, 0.25) is 11.8 Å². The second-order valence-electron chi connectivity index (χ2n) is 4.52. The summed E-state index contributed by atoms with van der Waals surface area (Å²) in [6.45, 7) is 0. The first kappa shape index (κ1) is 13.5. The van der Waals surface area contributed by atoms with E-state index in [4.69, 9.17) is 16.0 Å². The Morgan fingerprint density at radius 3 is 2.80 bits per heavy atom. The molecule has 0 unspecified atom stereocenters. The van der Waals surface area contributed by atoms with Crippen molar-refractivity contribution >= 4 is 35.0 Å². The molecular formula is C13H12ClN3O2S. The number of carbonyl (C=O) groups is 1. The third-order valence-electron chi connectivity index (χ3n) is 2.80. The molecule has 1 heterocycles. The highest BCUT2D eigenvalue weighted by Crippen LogP contribution is 2.39. The van der Waals surface area contributed by atoms with Gasteiger partial charge in [0, 0.05) is 16.6 Å². The van der Waals surface area contributed by atoms with Crippen LogP contribution in [0.2, 0.25) is 5.02 Å². The molecule has 0 bridgehead atoms. The Morgan fingerprint density at radius 2 is 2.10 bits per heavy atom. The van der Waals surface area contributed by atoms with Gasteiger partial charge in [-0.1, -0.05) is 23.4 Å². The van der Waals surface area contributed by atoms with Gasteiger partial charge in [-0.15, -0.1) is 10.2 Å². The molecule has 0 atom stereocenters. The fourth-order valence-electron chi connectivity index (χ4n) is 1.63. The van der Waals surface area contributed by atoms with Crippen LogP contribution in [0.4, 0.5) is 5.69 Å². The van der Waals surface area contributed by atoms with Crippen LogP contribution < -0.4 is 5.32 Å². The van der Waals surface area contributed by atoms with E-state index in [1.807, 2.05) is 0 Å². The van der Waals surface area contributed by atoms with Crippen LogP contribution in [0.5, 0.6) is 0 Å². The maximum atomic E-state index is 11.8. The molecule has 1 aromatic heterocycles. The molecule has 1 aromatic carbocycles. The Balaban J connectivity index is 1.49. The van der Waals surface area contributed by atoms with E-state index >= 15 is 0 Å². The van der Waals surface area contributed by atoms with Crippen molar-refractivity contribution in [3.05, 3.63) is 35.2 Å². The number of nitrogens with zero attached hydrogens (tertiary/aromatic N) is 2. The molecule has 0 saturated heterocycles. The number of anilines is 1. The highest BCUT2D eigenvalue weighted by Gasteiger charge is 2.29. The molecule has 20 heavy (non-hydrogen) atoms. The third-order valence-corrected chi connectivity index (χ3v) is 3.87. The van der Waals surface area contributed by atoms with Crippen LogP contribution in [0.1, 0.15) is 24.7 Å². The molecule has 1 N–H and O–H groups in total. The molecule has 3 rings (SSSR count). The largest absolute Gasteiger partial charge is 0.416 e. The van der Waals surface area contributed by atoms with Gasteiger partial charge in [-0.2, -0.15) is 0 Å². The summed E-state index contributed by atoms with van der Waals surface area (Å²) in [5, 5.41) is 11.7. The maximum Gasteiger partial charge on any atom is 0.277 e. The van der Waals surface area contributed by atoms with Crippen LogP contribution in [0, 0.1) is 0 Å². The quantitative estimate of drug-likeness (QED) is 0.858. The van der Waals surface area contributed by atoms with E-state index in [1.54, 1.807) is 24.3 Å². The van der Waals surface area contributed by atoms with Gasteiger partial charge in [-0.25, -0.2) is 0 Å². The summed E-state index contributed by atoms with van der Waals surface area (Å²) in [4.78, 5) is 11.8. The predicted octanol–water partition coefficient (Wildman–Crippen LogP) is 3.33. The first-order valence-corrected chi connectivity index (χ1v) is 7.59. The summed E-state index contributed by atoms with van der Waals surface area (Å²) in [5.41, 5.74) is 0.712. The van der Waals surface area contributed by atoms with Crippen LogP contribution in [0.25, 0.3) is 0 Å². The van der Waals surface area contributed by atoms with Crippen molar-refractivity contribution in [2.24, 2.45) is 0 Å². The minimum absolute atomic E-state index is 0.122. The molecule has 104 valence electrons. The van der Waals surface area contributed by atoms with E-state index < -0.39 is 0 Å². The number of nitrogens with one attached hydrogen (secondary N) is 1. The van der Waals surface area contributed by atoms with Gasteiger partial charge in [-0.05, 0) is 37.1 Å². The fourth-order valence-corrected chi connectivity index (χ4v) is 2.33. The molecule has 0 radical (unpaired) electrons. The number of halogens is 1. The van der Waals surface area contributed by atoms with Gasteiger partial charge in [-0.3, -0.25) is 4.79 Å². The summed E-state index contributed by atoms with van der Waals surface area (Å²) in [7, 11) is 0. The monoisotopic (exact) mass is 309 g/mol. The van der Waals surface area contributed by atoms with Gasteiger partial charge >= 0.3 is 0 Å². The average molecular weight is 310 g/mol. The molecule has 0 aliphatic heterocycles. The molecule has 0 spiro atoms. The lowest BCUT2D eigenvalue weighted by molar-refractivity contribution is -0.113. The van der Waals surface area contributed by atoms with E-state index in [-0.39, 0.29) is 11.7 Å². The molecule has 1 saturated carbocycles. The molecule has 1 fully saturated rings. The van der Waals surface area contributed by atoms with E-state index in [2.05, 4.69) is 15.5 Å². The van der Waals surface area contributed by atoms with E-state index in [0.717, 1.165) is 12.8 Å². The Hall–Kier alpha value is -1.53. The highest BCUT2D eigenvalue weighted by atomic mass is 35.5. The van der Waals surface area contributed by atoms with Crippen molar-refractivity contribution in [1.29, 1.82) is 0 Å². The van der Waals surface area contributed by atoms with Gasteiger partial charge in [0.15, 0.2) is 0 Å². The van der Waals surface area contributed by atoms with Crippen LogP contribution >= 0.6 is 23.4 Å². The van der Waals surface area contributed by atoms with Crippen LogP contribution in [0.3, 0.4) is 0 Å². The molecule has 7 heteroatoms. The first-order valence-electron chi connectivity index (χ1n) is 6.22. The third kappa shape index (κ3) is 3.52. The summed E-state index contributed by atoms with van der Waals surface area (Å²) in [6, 6.07) is 6.96. The number of hydrogen-bond donors (Lipinski definition) is 1. The summed E-state index contributed by atoms with van der Waals surface area (Å²) in [5.74, 6) is 1.23. The zero-order valence-electron chi connectivity index (χ0n) is 10.5. The Labute approximate surface area is 125 Å². The lowest BCUT2D eigenvalue weighted by Crippen LogP contribution is -2.13. The zero-order valence-corrected chi connectivity index (χ0v) is 12.1. The number of amides is 1. The van der Waals surface area contributed by atoms with E-state index in [1.165, 1.54) is 11.8 Å². The van der Waals surface area contributed by atoms with E-state index in [9.17, 15) is 4.79 Å². The molecular weight excluding hydrogens is 298 g/mol. The SMILES string of the molecule is O=C(CSc1nnc(C2CC2)o1)Nc1ccc(Cl)cc1. The van der Waals surface area contributed by atoms with Crippen molar-refractivity contribution in [3.8, 4) is 0 Å². The number of benzene rings is 1. The Bertz CT molecular complexity index is 610. The van der Waals surface area contributed by atoms with Crippen LogP contribution in [0.15, 0.2) is 33.9 Å². The lowest BCUT2D eigenvalue weighted by Gasteiger charge is -2.03. The second-order valence-corrected chi connectivity index (χ2v) is 5.89. The molecule has 1 amide bonds. The van der Waals surface area contributed by atoms with Crippen LogP contribution in [-0.4, -0.2) is 21.9 Å². The van der Waals surface area contributed by atoms with Gasteiger partial charge < -0.3 is 9.73 Å². The number of carbonyl (C=O) groups excluding carboxylic acids is 1. The van der Waals surface area contributed by atoms with Gasteiger partial charge in [0.25, 0.3) is 5.22 Å². The second kappa shape index (κ2) is 5.85. The van der Waals surface area contributed by atoms with Crippen molar-refractivity contribution in [2.45, 2.75) is 24.0 Å². The summed E-state index contributed by atoms with van der Waals surface area (Å²) in [6.07, 6.45) is 2.23. The first-order chi connectivity index (χ1) is 9.70. The topological polar surface area (TPSA) is 68.0 Å². The van der Waals surface area contributed by atoms with Gasteiger partial charge in [0.1, 0.15) is 0 Å². The summed E-state index contributed by atoms with van der Waals surface area (Å²) >= 11 is 7.02. The summed E-state index contributed by atoms with van der Waals surface area (Å²) < 4.78 is 5.47. The predicted molar refractivity (Wildman–Crippen MR) is 77.1 cm³/mol. The average Bonchev–Trinajstić information content (AvgIpc) is 3.18. The number of aromatic nitrogens is 2. The van der Waals surface area contributed by atoms with Crippen molar-refractivity contribution in [2.75, 3.05) is 11.1 Å². The molecule has 2 aromatic rings. The van der Waals surface area contributed by atoms with Crippen molar-refractivity contribution < 1.29 is 9.21 Å². The minimum atomic E-state index is -0.122. The maximum absolute atomic E-state index is 11.8. The van der Waals surface area contributed by atoms with E-state index in [0.29, 0.717) is 27.7 Å². The van der Waals surface area contributed by atoms with Crippen molar-refractivity contribution in [3.63, 3.8) is 0 Å². The molecule has 5 nitrogen and oxygen atoms in total. The molecule has 1 aliphatic rings. The number of rotatable bonds is 5. The lowest BCUT2D eigenvalue weighted by atomic mass is 10.3. The van der Waals surface area contributed by atoms with Crippen LogP contribution in [-0.2, 0) is 4.79 Å².